The number of hydrogen-bond donors (Lipinski definition) is 0. The van der Waals surface area contributed by atoms with E-state index in [1.165, 1.54) is 16.7 Å². The van der Waals surface area contributed by atoms with E-state index in [0.29, 0.717) is 17.8 Å². The summed E-state index contributed by atoms with van der Waals surface area (Å²) in [6, 6.07) is 14.6. The topological polar surface area (TPSA) is 18.5 Å². The first-order valence-electron chi connectivity index (χ1n) is 16.3. The Morgan fingerprint density at radius 2 is 1.15 bits per heavy atom. The lowest BCUT2D eigenvalue weighted by Crippen LogP contribution is -2.58. The molecule has 0 radical (unpaired) electrons. The Hall–Kier alpha value is -1.21. The molecule has 0 N–H and O–H groups in total. The summed E-state index contributed by atoms with van der Waals surface area (Å²) in [5.74, 6) is 1.40. The van der Waals surface area contributed by atoms with E-state index in [2.05, 4.69) is 119 Å². The Kier molecular flexibility index (Phi) is 9.61. The van der Waals surface area contributed by atoms with E-state index >= 15 is 0 Å². The molecule has 0 saturated carbocycles. The number of hydrogen-bond acceptors (Lipinski definition) is 2. The smallest absolute Gasteiger partial charge is 0.170 e. The van der Waals surface area contributed by atoms with Gasteiger partial charge in [0.05, 0.1) is 13.2 Å². The van der Waals surface area contributed by atoms with Crippen LogP contribution < -0.4 is 5.30 Å². The number of benzene rings is 2. The Morgan fingerprint density at radius 3 is 1.61 bits per heavy atom. The summed E-state index contributed by atoms with van der Waals surface area (Å²) in [7, 11) is -0.519. The van der Waals surface area contributed by atoms with Crippen LogP contribution in [-0.4, -0.2) is 29.3 Å². The minimum absolute atomic E-state index is 0.0721. The van der Waals surface area contributed by atoms with Crippen LogP contribution in [0, 0.1) is 23.2 Å². The van der Waals surface area contributed by atoms with Crippen LogP contribution in [0.1, 0.15) is 113 Å². The molecule has 2 aliphatic rings. The third-order valence-corrected chi connectivity index (χ3v) is 12.4. The van der Waals surface area contributed by atoms with Gasteiger partial charge in [0.2, 0.25) is 0 Å². The molecule has 2 heterocycles. The molecule has 2 saturated heterocycles. The fraction of sp³-hybridized carbons (Fsp3) is 0.684. The predicted molar refractivity (Wildman–Crippen MR) is 180 cm³/mol. The molecule has 228 valence electrons. The van der Waals surface area contributed by atoms with Crippen LogP contribution in [0.25, 0.3) is 11.1 Å². The summed E-state index contributed by atoms with van der Waals surface area (Å²) in [4.78, 5) is 0. The van der Waals surface area contributed by atoms with Crippen LogP contribution in [0.4, 0.5) is 0 Å². The molecule has 2 aromatic carbocycles. The van der Waals surface area contributed by atoms with Crippen LogP contribution in [0.15, 0.2) is 36.4 Å². The van der Waals surface area contributed by atoms with Gasteiger partial charge in [-0.15, -0.1) is 0 Å². The van der Waals surface area contributed by atoms with Crippen molar-refractivity contribution < 1.29 is 9.47 Å². The monoisotopic (exact) mass is 578 g/mol. The first kappa shape index (κ1) is 32.7. The molecular weight excluding hydrogens is 519 g/mol. The van der Waals surface area contributed by atoms with Gasteiger partial charge in [-0.2, -0.15) is 0 Å². The molecule has 0 aliphatic carbocycles. The average molecular weight is 579 g/mol. The van der Waals surface area contributed by atoms with E-state index in [9.17, 15) is 0 Å². The maximum Gasteiger partial charge on any atom is 0.170 e. The van der Waals surface area contributed by atoms with Gasteiger partial charge >= 0.3 is 0 Å². The molecule has 4 rings (SSSR count). The van der Waals surface area contributed by atoms with E-state index in [-0.39, 0.29) is 15.7 Å². The Labute approximate surface area is 254 Å². The van der Waals surface area contributed by atoms with Crippen molar-refractivity contribution >= 4 is 13.2 Å². The first-order chi connectivity index (χ1) is 18.9. The summed E-state index contributed by atoms with van der Waals surface area (Å²) in [5.41, 5.74) is 7.67. The molecule has 2 aromatic rings. The second kappa shape index (κ2) is 12.1. The van der Waals surface area contributed by atoms with Gasteiger partial charge in [-0.3, -0.25) is 0 Å². The molecule has 0 atom stereocenters. The van der Waals surface area contributed by atoms with Gasteiger partial charge in [-0.25, -0.2) is 0 Å². The Morgan fingerprint density at radius 1 is 0.683 bits per heavy atom. The summed E-state index contributed by atoms with van der Waals surface area (Å²) < 4.78 is 13.3. The van der Waals surface area contributed by atoms with E-state index < -0.39 is 13.7 Å². The fourth-order valence-electron chi connectivity index (χ4n) is 7.81. The van der Waals surface area contributed by atoms with E-state index in [0.717, 1.165) is 45.3 Å². The van der Waals surface area contributed by atoms with Crippen LogP contribution in [0.2, 0.25) is 0 Å². The predicted octanol–water partition coefficient (Wildman–Crippen LogP) is 10.2. The van der Waals surface area contributed by atoms with Gasteiger partial charge in [0.25, 0.3) is 0 Å². The van der Waals surface area contributed by atoms with Gasteiger partial charge in [-0.1, -0.05) is 127 Å². The third kappa shape index (κ3) is 7.48. The van der Waals surface area contributed by atoms with Crippen LogP contribution in [0.3, 0.4) is 0 Å². The Balaban J connectivity index is 1.87. The van der Waals surface area contributed by atoms with E-state index in [1.807, 2.05) is 0 Å². The van der Waals surface area contributed by atoms with Crippen molar-refractivity contribution in [3.63, 3.8) is 0 Å². The van der Waals surface area contributed by atoms with Crippen molar-refractivity contribution in [1.82, 2.24) is 0 Å². The molecule has 2 aliphatic heterocycles. The summed E-state index contributed by atoms with van der Waals surface area (Å²) >= 11 is 0. The Bertz CT molecular complexity index is 1140. The largest absolute Gasteiger partial charge is 0.349 e. The van der Waals surface area contributed by atoms with Crippen LogP contribution in [0.5, 0.6) is 0 Å². The van der Waals surface area contributed by atoms with Crippen molar-refractivity contribution in [1.29, 1.82) is 0 Å². The summed E-state index contributed by atoms with van der Waals surface area (Å²) in [5, 5.41) is 1.71. The van der Waals surface area contributed by atoms with E-state index in [1.54, 1.807) is 16.4 Å². The lowest BCUT2D eigenvalue weighted by Gasteiger charge is -2.59. The van der Waals surface area contributed by atoms with Gasteiger partial charge in [0, 0.05) is 18.3 Å². The van der Waals surface area contributed by atoms with Crippen molar-refractivity contribution in [3.05, 3.63) is 53.1 Å². The highest BCUT2D eigenvalue weighted by Gasteiger charge is 2.57. The van der Waals surface area contributed by atoms with Gasteiger partial charge in [0.15, 0.2) is 5.79 Å². The zero-order valence-electron chi connectivity index (χ0n) is 28.4. The van der Waals surface area contributed by atoms with Gasteiger partial charge in [-0.05, 0) is 80.5 Å². The van der Waals surface area contributed by atoms with Gasteiger partial charge in [0.1, 0.15) is 0 Å². The first-order valence-corrected chi connectivity index (χ1v) is 17.6. The third-order valence-electron chi connectivity index (χ3n) is 8.74. The highest BCUT2D eigenvalue weighted by Crippen LogP contribution is 2.69. The van der Waals surface area contributed by atoms with Crippen LogP contribution >= 0.6 is 7.92 Å². The average Bonchev–Trinajstić information content (AvgIpc) is 2.79. The molecule has 2 fully saturated rings. The maximum atomic E-state index is 6.65. The molecule has 0 amide bonds. The van der Waals surface area contributed by atoms with Crippen molar-refractivity contribution in [3.8, 4) is 11.1 Å². The molecule has 1 spiro atoms. The second-order valence-electron chi connectivity index (χ2n) is 16.6. The molecule has 3 heteroatoms. The molecule has 0 bridgehead atoms. The number of ether oxygens (including phenoxy) is 2. The molecule has 2 nitrogen and oxygen atoms in total. The fourth-order valence-corrected chi connectivity index (χ4v) is 12.2. The summed E-state index contributed by atoms with van der Waals surface area (Å²) in [6.07, 6.45) is 5.27. The normalized spacial score (nSPS) is 21.7. The van der Waals surface area contributed by atoms with Crippen LogP contribution in [-0.2, 0) is 28.7 Å². The lowest BCUT2D eigenvalue weighted by molar-refractivity contribution is -0.310. The van der Waals surface area contributed by atoms with E-state index in [4.69, 9.17) is 9.47 Å². The molecular formula is C38H59O2P. The van der Waals surface area contributed by atoms with Crippen molar-refractivity contribution in [2.24, 2.45) is 23.2 Å². The van der Waals surface area contributed by atoms with Crippen molar-refractivity contribution in [2.45, 2.75) is 131 Å². The zero-order valence-corrected chi connectivity index (χ0v) is 29.3. The minimum Gasteiger partial charge on any atom is -0.349 e. The maximum absolute atomic E-state index is 6.65. The highest BCUT2D eigenvalue weighted by atomic mass is 31.1. The summed E-state index contributed by atoms with van der Waals surface area (Å²) in [6.45, 7) is 30.2. The molecule has 0 aromatic heterocycles. The quantitative estimate of drug-likeness (QED) is 0.290. The van der Waals surface area contributed by atoms with Crippen molar-refractivity contribution in [2.75, 3.05) is 13.2 Å². The SMILES string of the molecule is CC(C)Cc1cc(CC(C)C)c(-c2ccccc2P2C(C)(C)CC3(CC2(C)C)OCC(C)(C)CO3)c(CC(C)C)c1. The zero-order chi connectivity index (χ0) is 30.4. The standard InChI is InChI=1S/C38H59O2P/c1-26(2)17-29-20-30(18-27(3)4)34(31(21-29)19-28(5)6)32-15-13-14-16-33(32)41-36(9,10)22-38(23-37(41,11)12)39-24-35(7,8)25-40-38/h13-16,20-21,26-28H,17-19,22-25H2,1-12H3. The highest BCUT2D eigenvalue weighted by molar-refractivity contribution is 7.69. The minimum atomic E-state index is -0.519. The molecule has 41 heavy (non-hydrogen) atoms. The second-order valence-corrected chi connectivity index (χ2v) is 20.1. The van der Waals surface area contributed by atoms with Gasteiger partial charge < -0.3 is 9.47 Å². The lowest BCUT2D eigenvalue weighted by atomic mass is 9.84. The number of rotatable bonds is 8. The molecule has 0 unspecified atom stereocenters.